The first-order chi connectivity index (χ1) is 12.9. The van der Waals surface area contributed by atoms with E-state index in [1.807, 2.05) is 38.1 Å². The molecule has 0 atom stereocenters. The second kappa shape index (κ2) is 7.48. The number of thiocarbonyl (C=S) groups is 1. The highest BCUT2D eigenvalue weighted by Crippen LogP contribution is 2.33. The van der Waals surface area contributed by atoms with Crippen LogP contribution in [-0.4, -0.2) is 29.7 Å². The first kappa shape index (κ1) is 19.0. The van der Waals surface area contributed by atoms with Gasteiger partial charge in [0.25, 0.3) is 0 Å². The fourth-order valence-electron chi connectivity index (χ4n) is 3.16. The van der Waals surface area contributed by atoms with Gasteiger partial charge in [0, 0.05) is 22.7 Å². The summed E-state index contributed by atoms with van der Waals surface area (Å²) < 4.78 is 26.1. The molecule has 27 heavy (non-hydrogen) atoms. The van der Waals surface area contributed by atoms with E-state index in [0.29, 0.717) is 15.9 Å². The minimum Gasteiger partial charge on any atom is -0.494 e. The number of benzene rings is 2. The van der Waals surface area contributed by atoms with Crippen LogP contribution in [0.25, 0.3) is 10.9 Å². The number of hydrogen-bond donors (Lipinski definition) is 0. The molecule has 0 bridgehead atoms. The van der Waals surface area contributed by atoms with Gasteiger partial charge in [0.1, 0.15) is 4.99 Å². The molecule has 0 saturated heterocycles. The van der Waals surface area contributed by atoms with Gasteiger partial charge in [0.15, 0.2) is 11.6 Å². The number of ether oxygens (including phenoxy) is 2. The number of aromatic nitrogens is 1. The van der Waals surface area contributed by atoms with Crippen molar-refractivity contribution < 1.29 is 18.7 Å². The molecule has 0 aliphatic rings. The average molecular weight is 385 g/mol. The van der Waals surface area contributed by atoms with Gasteiger partial charge in [-0.05, 0) is 25.5 Å². The second-order valence-electron chi connectivity index (χ2n) is 6.33. The van der Waals surface area contributed by atoms with Crippen molar-refractivity contribution in [2.24, 2.45) is 0 Å². The van der Waals surface area contributed by atoms with E-state index in [9.17, 15) is 9.18 Å². The second-order valence-corrected chi connectivity index (χ2v) is 6.71. The predicted molar refractivity (Wildman–Crippen MR) is 107 cm³/mol. The summed E-state index contributed by atoms with van der Waals surface area (Å²) in [6.45, 7) is 3.86. The lowest BCUT2D eigenvalue weighted by molar-refractivity contribution is -0.139. The van der Waals surface area contributed by atoms with Crippen molar-refractivity contribution in [1.82, 2.24) is 4.57 Å². The Balaban J connectivity index is 2.26. The largest absolute Gasteiger partial charge is 0.494 e. The lowest BCUT2D eigenvalue weighted by Crippen LogP contribution is -2.13. The lowest BCUT2D eigenvalue weighted by Gasteiger charge is -2.11. The molecule has 0 aliphatic carbocycles. The van der Waals surface area contributed by atoms with E-state index in [4.69, 9.17) is 21.7 Å². The van der Waals surface area contributed by atoms with Crippen molar-refractivity contribution in [1.29, 1.82) is 0 Å². The number of rotatable bonds is 4. The fourth-order valence-corrected chi connectivity index (χ4v) is 3.53. The van der Waals surface area contributed by atoms with E-state index in [1.165, 1.54) is 20.3 Å². The van der Waals surface area contributed by atoms with Crippen LogP contribution in [0, 0.1) is 19.7 Å². The maximum atomic E-state index is 14.4. The summed E-state index contributed by atoms with van der Waals surface area (Å²) in [7, 11) is 2.75. The third-order valence-corrected chi connectivity index (χ3v) is 5.08. The van der Waals surface area contributed by atoms with Crippen LogP contribution in [0.2, 0.25) is 0 Å². The summed E-state index contributed by atoms with van der Waals surface area (Å²) in [6.07, 6.45) is 0.0666. The molecule has 0 fully saturated rings. The summed E-state index contributed by atoms with van der Waals surface area (Å²) in [5, 5.41) is 0.714. The highest BCUT2D eigenvalue weighted by molar-refractivity contribution is 7.80. The van der Waals surface area contributed by atoms with E-state index in [2.05, 4.69) is 0 Å². The molecule has 0 N–H and O–H groups in total. The van der Waals surface area contributed by atoms with Gasteiger partial charge in [-0.1, -0.05) is 42.0 Å². The highest BCUT2D eigenvalue weighted by Gasteiger charge is 2.22. The third kappa shape index (κ3) is 3.45. The molecular weight excluding hydrogens is 365 g/mol. The Morgan fingerprint density at radius 1 is 1.15 bits per heavy atom. The van der Waals surface area contributed by atoms with Crippen LogP contribution in [0.5, 0.6) is 5.75 Å². The molecule has 4 nitrogen and oxygen atoms in total. The maximum absolute atomic E-state index is 14.4. The van der Waals surface area contributed by atoms with E-state index in [0.717, 1.165) is 22.4 Å². The molecule has 0 amide bonds. The molecule has 0 spiro atoms. The standard InChI is InChI=1S/C21H20FNO3S/c1-12-5-7-14(8-6-12)21(27)23-13(2)15(10-20(24)26-4)16-9-19(25-3)17(22)11-18(16)23/h5-9,11H,10H2,1-4H3. The van der Waals surface area contributed by atoms with Gasteiger partial charge in [0.2, 0.25) is 0 Å². The quantitative estimate of drug-likeness (QED) is 0.495. The molecule has 3 aromatic rings. The lowest BCUT2D eigenvalue weighted by atomic mass is 10.1. The first-order valence-corrected chi connectivity index (χ1v) is 8.83. The van der Waals surface area contributed by atoms with Crippen LogP contribution in [-0.2, 0) is 16.0 Å². The van der Waals surface area contributed by atoms with Crippen molar-refractivity contribution in [2.75, 3.05) is 14.2 Å². The van der Waals surface area contributed by atoms with Gasteiger partial charge in [0.05, 0.1) is 26.2 Å². The van der Waals surface area contributed by atoms with E-state index < -0.39 is 5.82 Å². The molecule has 2 aromatic carbocycles. The topological polar surface area (TPSA) is 40.5 Å². The minimum absolute atomic E-state index is 0.0666. The van der Waals surface area contributed by atoms with Crippen LogP contribution >= 0.6 is 12.2 Å². The van der Waals surface area contributed by atoms with Gasteiger partial charge in [-0.2, -0.15) is 0 Å². The molecule has 1 heterocycles. The van der Waals surface area contributed by atoms with Crippen molar-refractivity contribution in [3.8, 4) is 5.75 Å². The van der Waals surface area contributed by atoms with Gasteiger partial charge in [-0.3, -0.25) is 4.79 Å². The minimum atomic E-state index is -0.486. The monoisotopic (exact) mass is 385 g/mol. The number of nitrogens with zero attached hydrogens (tertiary/aromatic N) is 1. The van der Waals surface area contributed by atoms with E-state index in [1.54, 1.807) is 10.6 Å². The van der Waals surface area contributed by atoms with Crippen LogP contribution in [0.4, 0.5) is 4.39 Å². The zero-order valence-electron chi connectivity index (χ0n) is 15.6. The zero-order valence-corrected chi connectivity index (χ0v) is 16.4. The smallest absolute Gasteiger partial charge is 0.310 e. The van der Waals surface area contributed by atoms with Gasteiger partial charge in [-0.25, -0.2) is 4.39 Å². The molecule has 0 saturated carbocycles. The van der Waals surface area contributed by atoms with Crippen molar-refractivity contribution >= 4 is 34.1 Å². The van der Waals surface area contributed by atoms with Crippen LogP contribution in [0.1, 0.15) is 22.4 Å². The molecule has 6 heteroatoms. The molecule has 0 radical (unpaired) electrons. The molecular formula is C21H20FNO3S. The Labute approximate surface area is 162 Å². The van der Waals surface area contributed by atoms with Crippen molar-refractivity contribution in [3.05, 3.63) is 64.6 Å². The van der Waals surface area contributed by atoms with Crippen LogP contribution in [0.15, 0.2) is 36.4 Å². The van der Waals surface area contributed by atoms with Gasteiger partial charge in [-0.15, -0.1) is 0 Å². The Kier molecular flexibility index (Phi) is 5.28. The van der Waals surface area contributed by atoms with Crippen LogP contribution < -0.4 is 4.74 Å². The molecule has 1 aromatic heterocycles. The summed E-state index contributed by atoms with van der Waals surface area (Å²) >= 11 is 5.70. The van der Waals surface area contributed by atoms with Crippen molar-refractivity contribution in [2.45, 2.75) is 20.3 Å². The van der Waals surface area contributed by atoms with Gasteiger partial charge < -0.3 is 14.0 Å². The highest BCUT2D eigenvalue weighted by atomic mass is 32.1. The van der Waals surface area contributed by atoms with Crippen LogP contribution in [0.3, 0.4) is 0 Å². The number of fused-ring (bicyclic) bond motifs is 1. The van der Waals surface area contributed by atoms with E-state index in [-0.39, 0.29) is 18.1 Å². The number of halogens is 1. The molecule has 3 rings (SSSR count). The molecule has 0 unspecified atom stereocenters. The average Bonchev–Trinajstić information content (AvgIpc) is 2.91. The third-order valence-electron chi connectivity index (χ3n) is 4.66. The maximum Gasteiger partial charge on any atom is 0.310 e. The Morgan fingerprint density at radius 2 is 1.81 bits per heavy atom. The van der Waals surface area contributed by atoms with Gasteiger partial charge >= 0.3 is 5.97 Å². The zero-order chi connectivity index (χ0) is 19.7. The number of esters is 1. The first-order valence-electron chi connectivity index (χ1n) is 8.43. The number of carbonyl (C=O) groups is 1. The summed E-state index contributed by atoms with van der Waals surface area (Å²) in [4.78, 5) is 12.5. The molecule has 0 aliphatic heterocycles. The summed E-state index contributed by atoms with van der Waals surface area (Å²) in [6, 6.07) is 10.8. The number of aryl methyl sites for hydroxylation is 1. The fraction of sp³-hybridized carbons (Fsp3) is 0.238. The number of methoxy groups -OCH3 is 2. The summed E-state index contributed by atoms with van der Waals surface area (Å²) in [5.41, 5.74) is 4.07. The predicted octanol–water partition coefficient (Wildman–Crippen LogP) is 4.35. The Morgan fingerprint density at radius 3 is 2.41 bits per heavy atom. The van der Waals surface area contributed by atoms with E-state index >= 15 is 0 Å². The Hall–Kier alpha value is -2.73. The number of hydrogen-bond acceptors (Lipinski definition) is 4. The SMILES string of the molecule is COC(=O)Cc1c(C)n(C(=S)c2ccc(C)cc2)c2cc(F)c(OC)cc12. The van der Waals surface area contributed by atoms with Crippen molar-refractivity contribution in [3.63, 3.8) is 0 Å². The summed E-state index contributed by atoms with van der Waals surface area (Å²) in [5.74, 6) is -0.742. The normalized spacial score (nSPS) is 10.9. The molecule has 140 valence electrons. The Bertz CT molecular complexity index is 1040. The number of carbonyl (C=O) groups excluding carboxylic acids is 1.